The van der Waals surface area contributed by atoms with E-state index in [2.05, 4.69) is 0 Å². The molecule has 0 unspecified atom stereocenters. The lowest BCUT2D eigenvalue weighted by atomic mass is 10.1. The fourth-order valence-electron chi connectivity index (χ4n) is 1.27. The summed E-state index contributed by atoms with van der Waals surface area (Å²) >= 11 is 0. The van der Waals surface area contributed by atoms with Gasteiger partial charge in [-0.05, 0) is 36.6 Å². The number of hydrogen-bond donors (Lipinski definition) is 3. The van der Waals surface area contributed by atoms with Gasteiger partial charge in [-0.25, -0.2) is 0 Å². The number of benzene rings is 1. The van der Waals surface area contributed by atoms with Gasteiger partial charge in [-0.2, -0.15) is 0 Å². The summed E-state index contributed by atoms with van der Waals surface area (Å²) in [6, 6.07) is 7.10. The van der Waals surface area contributed by atoms with Crippen molar-refractivity contribution in [1.82, 2.24) is 0 Å². The molecule has 0 aliphatic rings. The summed E-state index contributed by atoms with van der Waals surface area (Å²) in [6.45, 7) is 2.80. The monoisotopic (exact) mass is 222 g/mol. The highest BCUT2D eigenvalue weighted by atomic mass is 16.5. The minimum absolute atomic E-state index is 0.0557. The molecule has 0 saturated carbocycles. The van der Waals surface area contributed by atoms with E-state index in [4.69, 9.17) is 21.0 Å². The Balaban J connectivity index is 2.46. The van der Waals surface area contributed by atoms with E-state index in [0.29, 0.717) is 18.1 Å². The molecule has 1 atom stereocenters. The summed E-state index contributed by atoms with van der Waals surface area (Å²) in [6.07, 6.45) is 0.742. The van der Waals surface area contributed by atoms with E-state index in [1.54, 1.807) is 24.3 Å². The van der Waals surface area contributed by atoms with Crippen LogP contribution in [0.4, 0.5) is 0 Å². The third-order valence-corrected chi connectivity index (χ3v) is 2.32. The van der Waals surface area contributed by atoms with Gasteiger partial charge in [-0.15, -0.1) is 0 Å². The first-order valence-corrected chi connectivity index (χ1v) is 5.31. The Morgan fingerprint density at radius 2 is 2.06 bits per heavy atom. The molecule has 0 fully saturated rings. The van der Waals surface area contributed by atoms with Crippen molar-refractivity contribution in [3.8, 4) is 5.75 Å². The van der Waals surface area contributed by atoms with Crippen LogP contribution in [0.2, 0.25) is 0 Å². The molecule has 0 aliphatic carbocycles. The zero-order valence-electron chi connectivity index (χ0n) is 9.44. The molecule has 0 saturated heterocycles. The van der Waals surface area contributed by atoms with E-state index in [9.17, 15) is 0 Å². The first-order chi connectivity index (χ1) is 7.63. The lowest BCUT2D eigenvalue weighted by Crippen LogP contribution is -2.12. The summed E-state index contributed by atoms with van der Waals surface area (Å²) in [7, 11) is 0. The number of ether oxygens (including phenoxy) is 1. The molecule has 88 valence electrons. The van der Waals surface area contributed by atoms with Crippen molar-refractivity contribution in [2.75, 3.05) is 13.2 Å². The van der Waals surface area contributed by atoms with E-state index < -0.39 is 0 Å². The van der Waals surface area contributed by atoms with E-state index in [-0.39, 0.29) is 12.4 Å². The molecule has 1 rings (SSSR count). The van der Waals surface area contributed by atoms with Gasteiger partial charge >= 0.3 is 0 Å². The van der Waals surface area contributed by atoms with Crippen LogP contribution in [0, 0.1) is 11.3 Å². The third-order valence-electron chi connectivity index (χ3n) is 2.32. The number of nitrogens with one attached hydrogen (secondary N) is 1. The predicted molar refractivity (Wildman–Crippen MR) is 63.8 cm³/mol. The van der Waals surface area contributed by atoms with Crippen LogP contribution >= 0.6 is 0 Å². The lowest BCUT2D eigenvalue weighted by molar-refractivity contribution is 0.208. The highest BCUT2D eigenvalue weighted by molar-refractivity contribution is 5.94. The number of nitrogen functional groups attached to an aromatic ring is 1. The Morgan fingerprint density at radius 3 is 2.56 bits per heavy atom. The molecule has 4 nitrogen and oxygen atoms in total. The first-order valence-electron chi connectivity index (χ1n) is 5.31. The van der Waals surface area contributed by atoms with Gasteiger partial charge in [0.05, 0.1) is 6.61 Å². The summed E-state index contributed by atoms with van der Waals surface area (Å²) in [5.41, 5.74) is 6.03. The van der Waals surface area contributed by atoms with Crippen molar-refractivity contribution in [2.45, 2.75) is 13.3 Å². The van der Waals surface area contributed by atoms with Crippen LogP contribution in [0.1, 0.15) is 18.9 Å². The van der Waals surface area contributed by atoms with Gasteiger partial charge in [0.2, 0.25) is 0 Å². The summed E-state index contributed by atoms with van der Waals surface area (Å²) in [5.74, 6) is 1.15. The minimum atomic E-state index is 0.0557. The predicted octanol–water partition coefficient (Wildman–Crippen LogP) is 1.37. The molecule has 0 spiro atoms. The zero-order valence-corrected chi connectivity index (χ0v) is 9.44. The van der Waals surface area contributed by atoms with Crippen LogP contribution in [-0.4, -0.2) is 24.2 Å². The molecule has 16 heavy (non-hydrogen) atoms. The van der Waals surface area contributed by atoms with Crippen LogP contribution in [0.15, 0.2) is 24.3 Å². The molecular formula is C12H18N2O2. The maximum Gasteiger partial charge on any atom is 0.122 e. The van der Waals surface area contributed by atoms with Crippen molar-refractivity contribution < 1.29 is 9.84 Å². The standard InChI is InChI=1S/C12H18N2O2/c1-9(6-7-15)8-16-11-4-2-10(3-5-11)12(13)14/h2-5,9,15H,6-8H2,1H3,(H3,13,14)/t9-/m1/s1. The topological polar surface area (TPSA) is 79.3 Å². The summed E-state index contributed by atoms with van der Waals surface area (Å²) in [5, 5.41) is 16.0. The van der Waals surface area contributed by atoms with Crippen molar-refractivity contribution in [3.05, 3.63) is 29.8 Å². The van der Waals surface area contributed by atoms with Crippen LogP contribution in [0.3, 0.4) is 0 Å². The smallest absolute Gasteiger partial charge is 0.122 e. The minimum Gasteiger partial charge on any atom is -0.493 e. The second kappa shape index (κ2) is 6.12. The Hall–Kier alpha value is -1.55. The fraction of sp³-hybridized carbons (Fsp3) is 0.417. The Kier molecular flexibility index (Phi) is 4.79. The Bertz CT molecular complexity index is 335. The van der Waals surface area contributed by atoms with E-state index in [0.717, 1.165) is 12.2 Å². The van der Waals surface area contributed by atoms with Gasteiger partial charge in [0, 0.05) is 12.2 Å². The van der Waals surface area contributed by atoms with Gasteiger partial charge in [-0.1, -0.05) is 6.92 Å². The van der Waals surface area contributed by atoms with Crippen molar-refractivity contribution in [1.29, 1.82) is 5.41 Å². The van der Waals surface area contributed by atoms with Crippen LogP contribution in [0.5, 0.6) is 5.75 Å². The van der Waals surface area contributed by atoms with Gasteiger partial charge in [0.25, 0.3) is 0 Å². The number of nitrogens with two attached hydrogens (primary N) is 1. The summed E-state index contributed by atoms with van der Waals surface area (Å²) < 4.78 is 5.53. The van der Waals surface area contributed by atoms with Gasteiger partial charge in [-0.3, -0.25) is 5.41 Å². The maximum absolute atomic E-state index is 8.74. The third kappa shape index (κ3) is 3.90. The largest absolute Gasteiger partial charge is 0.493 e. The average molecular weight is 222 g/mol. The van der Waals surface area contributed by atoms with Crippen LogP contribution in [-0.2, 0) is 0 Å². The second-order valence-electron chi connectivity index (χ2n) is 3.87. The number of rotatable bonds is 6. The molecule has 0 radical (unpaired) electrons. The SMILES string of the molecule is C[C@H](CCO)COc1ccc(C(=N)N)cc1. The molecule has 0 amide bonds. The number of aliphatic hydroxyl groups is 1. The Labute approximate surface area is 95.6 Å². The maximum atomic E-state index is 8.74. The number of amidine groups is 1. The van der Waals surface area contributed by atoms with Gasteiger partial charge in [0.1, 0.15) is 11.6 Å². The second-order valence-corrected chi connectivity index (χ2v) is 3.87. The normalized spacial score (nSPS) is 12.1. The van der Waals surface area contributed by atoms with Crippen LogP contribution in [0.25, 0.3) is 0 Å². The molecule has 0 heterocycles. The highest BCUT2D eigenvalue weighted by Gasteiger charge is 2.03. The number of hydrogen-bond acceptors (Lipinski definition) is 3. The fourth-order valence-corrected chi connectivity index (χ4v) is 1.27. The molecule has 0 bridgehead atoms. The summed E-state index contributed by atoms with van der Waals surface area (Å²) in [4.78, 5) is 0. The van der Waals surface area contributed by atoms with E-state index in [1.807, 2.05) is 6.92 Å². The molecule has 4 heteroatoms. The zero-order chi connectivity index (χ0) is 12.0. The van der Waals surface area contributed by atoms with E-state index in [1.165, 1.54) is 0 Å². The molecule has 0 aromatic heterocycles. The van der Waals surface area contributed by atoms with Crippen LogP contribution < -0.4 is 10.5 Å². The quantitative estimate of drug-likeness (QED) is 0.502. The molecular weight excluding hydrogens is 204 g/mol. The molecule has 1 aromatic rings. The highest BCUT2D eigenvalue weighted by Crippen LogP contribution is 2.13. The van der Waals surface area contributed by atoms with Gasteiger partial charge < -0.3 is 15.6 Å². The van der Waals surface area contributed by atoms with Crippen molar-refractivity contribution in [2.24, 2.45) is 11.7 Å². The average Bonchev–Trinajstić information content (AvgIpc) is 2.27. The lowest BCUT2D eigenvalue weighted by Gasteiger charge is -2.11. The molecule has 0 aliphatic heterocycles. The van der Waals surface area contributed by atoms with E-state index >= 15 is 0 Å². The first kappa shape index (κ1) is 12.5. The van der Waals surface area contributed by atoms with Gasteiger partial charge in [0.15, 0.2) is 0 Å². The molecule has 4 N–H and O–H groups in total. The molecule has 1 aromatic carbocycles. The number of aliphatic hydroxyl groups excluding tert-OH is 1. The van der Waals surface area contributed by atoms with Crippen molar-refractivity contribution in [3.63, 3.8) is 0 Å². The Morgan fingerprint density at radius 1 is 1.44 bits per heavy atom. The van der Waals surface area contributed by atoms with Crippen molar-refractivity contribution >= 4 is 5.84 Å².